The summed E-state index contributed by atoms with van der Waals surface area (Å²) < 4.78 is 32.1. The van der Waals surface area contributed by atoms with Gasteiger partial charge in [-0.3, -0.25) is 0 Å². The molecule has 0 saturated carbocycles. The Kier molecular flexibility index (Phi) is 3.88. The number of sulfonamides is 1. The number of rotatable bonds is 4. The van der Waals surface area contributed by atoms with Gasteiger partial charge in [-0.1, -0.05) is 6.07 Å². The second kappa shape index (κ2) is 5.28. The molecule has 0 spiro atoms. The van der Waals surface area contributed by atoms with Crippen LogP contribution < -0.4 is 4.72 Å². The summed E-state index contributed by atoms with van der Waals surface area (Å²) in [5.74, 6) is -1.14. The van der Waals surface area contributed by atoms with Gasteiger partial charge in [-0.05, 0) is 31.0 Å². The topological polar surface area (TPSA) is 92.7 Å². The fourth-order valence-corrected chi connectivity index (χ4v) is 3.57. The van der Waals surface area contributed by atoms with E-state index in [0.29, 0.717) is 19.6 Å². The standard InChI is InChI=1S/C12H15NO5S/c1-8-10(12(14)15)3-2-4-11(8)19(16,17)13-9-5-6-18-7-9/h2-4,9,13H,5-7H2,1H3,(H,14,15)/t9-/m0/s1. The smallest absolute Gasteiger partial charge is 0.335 e. The Morgan fingerprint density at radius 3 is 2.79 bits per heavy atom. The lowest BCUT2D eigenvalue weighted by molar-refractivity contribution is 0.0696. The van der Waals surface area contributed by atoms with Gasteiger partial charge >= 0.3 is 5.97 Å². The number of ether oxygens (including phenoxy) is 1. The van der Waals surface area contributed by atoms with Gasteiger partial charge in [0.15, 0.2) is 0 Å². The summed E-state index contributed by atoms with van der Waals surface area (Å²) in [6.45, 7) is 2.36. The molecule has 2 rings (SSSR count). The van der Waals surface area contributed by atoms with Crippen molar-refractivity contribution in [2.45, 2.75) is 24.3 Å². The monoisotopic (exact) mass is 285 g/mol. The third-order valence-electron chi connectivity index (χ3n) is 3.06. The van der Waals surface area contributed by atoms with Crippen LogP contribution >= 0.6 is 0 Å². The summed E-state index contributed by atoms with van der Waals surface area (Å²) in [6, 6.07) is 3.96. The SMILES string of the molecule is Cc1c(C(=O)O)cccc1S(=O)(=O)N[C@H]1CCOC1. The van der Waals surface area contributed by atoms with E-state index in [1.807, 2.05) is 0 Å². The van der Waals surface area contributed by atoms with Gasteiger partial charge in [-0.15, -0.1) is 0 Å². The molecule has 0 aliphatic carbocycles. The van der Waals surface area contributed by atoms with Crippen LogP contribution in [0, 0.1) is 6.92 Å². The summed E-state index contributed by atoms with van der Waals surface area (Å²) >= 11 is 0. The molecule has 0 unspecified atom stereocenters. The van der Waals surface area contributed by atoms with E-state index in [9.17, 15) is 13.2 Å². The second-order valence-corrected chi connectivity index (χ2v) is 6.10. The van der Waals surface area contributed by atoms with E-state index < -0.39 is 16.0 Å². The van der Waals surface area contributed by atoms with Gasteiger partial charge in [-0.25, -0.2) is 17.9 Å². The van der Waals surface area contributed by atoms with E-state index in [1.165, 1.54) is 25.1 Å². The zero-order chi connectivity index (χ0) is 14.0. The molecule has 1 saturated heterocycles. The first kappa shape index (κ1) is 14.0. The molecule has 7 heteroatoms. The minimum absolute atomic E-state index is 0.000648. The number of hydrogen-bond donors (Lipinski definition) is 2. The zero-order valence-corrected chi connectivity index (χ0v) is 11.2. The maximum atomic E-state index is 12.2. The van der Waals surface area contributed by atoms with Crippen molar-refractivity contribution >= 4 is 16.0 Å². The normalized spacial score (nSPS) is 19.5. The van der Waals surface area contributed by atoms with Crippen LogP contribution in [-0.2, 0) is 14.8 Å². The van der Waals surface area contributed by atoms with Crippen LogP contribution in [0.5, 0.6) is 0 Å². The molecule has 1 aliphatic heterocycles. The van der Waals surface area contributed by atoms with Crippen LogP contribution in [0.2, 0.25) is 0 Å². The van der Waals surface area contributed by atoms with Crippen molar-refractivity contribution in [2.24, 2.45) is 0 Å². The molecule has 0 bridgehead atoms. The van der Waals surface area contributed by atoms with Gasteiger partial charge in [0.25, 0.3) is 0 Å². The number of hydrogen-bond acceptors (Lipinski definition) is 4. The van der Waals surface area contributed by atoms with Gasteiger partial charge in [-0.2, -0.15) is 0 Å². The zero-order valence-electron chi connectivity index (χ0n) is 10.4. The average molecular weight is 285 g/mol. The average Bonchev–Trinajstić information content (AvgIpc) is 2.80. The van der Waals surface area contributed by atoms with E-state index in [4.69, 9.17) is 9.84 Å². The fraction of sp³-hybridized carbons (Fsp3) is 0.417. The highest BCUT2D eigenvalue weighted by Gasteiger charge is 2.26. The molecule has 1 atom stereocenters. The van der Waals surface area contributed by atoms with Gasteiger partial charge in [0.05, 0.1) is 17.1 Å². The highest BCUT2D eigenvalue weighted by atomic mass is 32.2. The number of carbonyl (C=O) groups is 1. The van der Waals surface area contributed by atoms with Crippen LogP contribution in [-0.4, -0.2) is 38.7 Å². The summed E-state index contributed by atoms with van der Waals surface area (Å²) in [5, 5.41) is 9.00. The third kappa shape index (κ3) is 2.94. The lowest BCUT2D eigenvalue weighted by Crippen LogP contribution is -2.35. The molecule has 1 heterocycles. The van der Waals surface area contributed by atoms with Gasteiger partial charge in [0, 0.05) is 12.6 Å². The molecule has 0 radical (unpaired) electrons. The number of carboxylic acids is 1. The first-order chi connectivity index (χ1) is 8.92. The molecule has 1 aromatic carbocycles. The highest BCUT2D eigenvalue weighted by molar-refractivity contribution is 7.89. The molecule has 0 aromatic heterocycles. The summed E-state index contributed by atoms with van der Waals surface area (Å²) in [5.41, 5.74) is 0.229. The molecule has 1 fully saturated rings. The van der Waals surface area contributed by atoms with E-state index in [0.717, 1.165) is 0 Å². The van der Waals surface area contributed by atoms with Crippen molar-refractivity contribution in [3.63, 3.8) is 0 Å². The third-order valence-corrected chi connectivity index (χ3v) is 4.72. The molecule has 1 aliphatic rings. The van der Waals surface area contributed by atoms with Crippen molar-refractivity contribution in [3.05, 3.63) is 29.3 Å². The minimum atomic E-state index is -3.72. The lowest BCUT2D eigenvalue weighted by Gasteiger charge is -2.14. The summed E-state index contributed by atoms with van der Waals surface area (Å²) in [4.78, 5) is 11.0. The van der Waals surface area contributed by atoms with E-state index in [1.54, 1.807) is 0 Å². The van der Waals surface area contributed by atoms with Crippen LogP contribution in [0.1, 0.15) is 22.3 Å². The van der Waals surface area contributed by atoms with Crippen molar-refractivity contribution < 1.29 is 23.1 Å². The van der Waals surface area contributed by atoms with Crippen LogP contribution in [0.3, 0.4) is 0 Å². The number of aromatic carboxylic acids is 1. The van der Waals surface area contributed by atoms with E-state index in [-0.39, 0.29) is 22.1 Å². The van der Waals surface area contributed by atoms with Crippen LogP contribution in [0.25, 0.3) is 0 Å². The molecule has 2 N–H and O–H groups in total. The largest absolute Gasteiger partial charge is 0.478 e. The number of nitrogens with one attached hydrogen (secondary N) is 1. The lowest BCUT2D eigenvalue weighted by atomic mass is 10.1. The van der Waals surface area contributed by atoms with E-state index >= 15 is 0 Å². The highest BCUT2D eigenvalue weighted by Crippen LogP contribution is 2.20. The molecular formula is C12H15NO5S. The Hall–Kier alpha value is -1.44. The Morgan fingerprint density at radius 2 is 2.21 bits per heavy atom. The number of carboxylic acid groups (broad SMARTS) is 1. The van der Waals surface area contributed by atoms with Crippen LogP contribution in [0.4, 0.5) is 0 Å². The Balaban J connectivity index is 2.34. The van der Waals surface area contributed by atoms with Gasteiger partial charge in [0.1, 0.15) is 0 Å². The Morgan fingerprint density at radius 1 is 1.47 bits per heavy atom. The van der Waals surface area contributed by atoms with Gasteiger partial charge < -0.3 is 9.84 Å². The second-order valence-electron chi connectivity index (χ2n) is 4.42. The quantitative estimate of drug-likeness (QED) is 0.852. The molecular weight excluding hydrogens is 270 g/mol. The molecule has 104 valence electrons. The summed E-state index contributed by atoms with van der Waals surface area (Å²) in [7, 11) is -3.72. The minimum Gasteiger partial charge on any atom is -0.478 e. The predicted octanol–water partition coefficient (Wildman–Crippen LogP) is 0.760. The van der Waals surface area contributed by atoms with Crippen molar-refractivity contribution in [1.29, 1.82) is 0 Å². The predicted molar refractivity (Wildman–Crippen MR) is 67.7 cm³/mol. The van der Waals surface area contributed by atoms with Crippen LogP contribution in [0.15, 0.2) is 23.1 Å². The number of benzene rings is 1. The van der Waals surface area contributed by atoms with Crippen molar-refractivity contribution in [2.75, 3.05) is 13.2 Å². The Bertz CT molecular complexity index is 590. The molecule has 0 amide bonds. The molecule has 1 aromatic rings. The maximum Gasteiger partial charge on any atom is 0.335 e. The fourth-order valence-electron chi connectivity index (χ4n) is 2.05. The summed E-state index contributed by atoms with van der Waals surface area (Å²) in [6.07, 6.45) is 0.622. The van der Waals surface area contributed by atoms with Crippen molar-refractivity contribution in [1.82, 2.24) is 4.72 Å². The Labute approximate surface area is 111 Å². The van der Waals surface area contributed by atoms with E-state index in [2.05, 4.69) is 4.72 Å². The maximum absolute atomic E-state index is 12.2. The van der Waals surface area contributed by atoms with Crippen molar-refractivity contribution in [3.8, 4) is 0 Å². The first-order valence-electron chi connectivity index (χ1n) is 5.85. The van der Waals surface area contributed by atoms with Gasteiger partial charge in [0.2, 0.25) is 10.0 Å². The first-order valence-corrected chi connectivity index (χ1v) is 7.33. The molecule has 19 heavy (non-hydrogen) atoms. The molecule has 6 nitrogen and oxygen atoms in total.